The smallest absolute Gasteiger partial charge is 0.213 e. The van der Waals surface area contributed by atoms with E-state index in [0.29, 0.717) is 12.2 Å². The zero-order chi connectivity index (χ0) is 18.5. The molecule has 1 amide bonds. The van der Waals surface area contributed by atoms with Crippen molar-refractivity contribution in [3.05, 3.63) is 48.5 Å². The van der Waals surface area contributed by atoms with Gasteiger partial charge in [0.15, 0.2) is 5.82 Å². The Morgan fingerprint density at radius 3 is 3.00 bits per heavy atom. The fourth-order valence-corrected chi connectivity index (χ4v) is 3.04. The molecular formula is C18H22N6O2. The van der Waals surface area contributed by atoms with E-state index in [4.69, 9.17) is 5.73 Å². The number of rotatable bonds is 7. The summed E-state index contributed by atoms with van der Waals surface area (Å²) in [7, 11) is 0. The van der Waals surface area contributed by atoms with Crippen LogP contribution in [0.15, 0.2) is 48.0 Å². The van der Waals surface area contributed by atoms with Gasteiger partial charge >= 0.3 is 0 Å². The standard InChI is InChI=1S/C18H22N6O2/c1-13-8-23(16-5-3-2-4-15(13)16)7-6-14(10-25)24-9-17(20-11-24)22-18(19)21-12-26/h2-5,8-9,11-12,14,25H,6-7,10H2,1H3,(H3,19,21,22,26)/t14-/m1/s1. The average Bonchev–Trinajstić information content (AvgIpc) is 3.21. The zero-order valence-corrected chi connectivity index (χ0v) is 14.5. The summed E-state index contributed by atoms with van der Waals surface area (Å²) in [5, 5.41) is 13.3. The number of imidazole rings is 1. The SMILES string of the molecule is Cc1cn(CC[C@H](CO)n2cnc(N=C(N)NC=O)c2)c2ccccc12. The molecule has 1 aromatic carbocycles. The van der Waals surface area contributed by atoms with Crippen LogP contribution in [0.5, 0.6) is 0 Å². The van der Waals surface area contributed by atoms with Gasteiger partial charge in [0.1, 0.15) is 0 Å². The van der Waals surface area contributed by atoms with Crippen LogP contribution in [0.2, 0.25) is 0 Å². The van der Waals surface area contributed by atoms with Crippen molar-refractivity contribution in [2.24, 2.45) is 10.7 Å². The number of aromatic nitrogens is 3. The van der Waals surface area contributed by atoms with Crippen molar-refractivity contribution in [1.82, 2.24) is 19.4 Å². The molecule has 0 aliphatic carbocycles. The quantitative estimate of drug-likeness (QED) is 0.339. The largest absolute Gasteiger partial charge is 0.394 e. The number of hydrogen-bond acceptors (Lipinski definition) is 4. The Hall–Kier alpha value is -3.13. The van der Waals surface area contributed by atoms with Crippen molar-refractivity contribution in [2.45, 2.75) is 25.9 Å². The lowest BCUT2D eigenvalue weighted by atomic mass is 10.2. The van der Waals surface area contributed by atoms with Gasteiger partial charge in [-0.2, -0.15) is 4.99 Å². The second-order valence-electron chi connectivity index (χ2n) is 6.09. The van der Waals surface area contributed by atoms with Gasteiger partial charge in [0.05, 0.1) is 25.2 Å². The third-order valence-electron chi connectivity index (χ3n) is 4.35. The summed E-state index contributed by atoms with van der Waals surface area (Å²) in [5.41, 5.74) is 7.95. The molecule has 0 aliphatic rings. The van der Waals surface area contributed by atoms with E-state index in [-0.39, 0.29) is 18.6 Å². The molecule has 1 atom stereocenters. The Balaban J connectivity index is 1.73. The van der Waals surface area contributed by atoms with Crippen molar-refractivity contribution < 1.29 is 9.90 Å². The van der Waals surface area contributed by atoms with Crippen molar-refractivity contribution in [3.8, 4) is 0 Å². The Labute approximate surface area is 151 Å². The molecule has 3 aromatic rings. The third-order valence-corrected chi connectivity index (χ3v) is 4.35. The Morgan fingerprint density at radius 1 is 1.42 bits per heavy atom. The van der Waals surface area contributed by atoms with Crippen LogP contribution >= 0.6 is 0 Å². The highest BCUT2D eigenvalue weighted by Crippen LogP contribution is 2.23. The van der Waals surface area contributed by atoms with E-state index >= 15 is 0 Å². The number of nitrogens with one attached hydrogen (secondary N) is 1. The van der Waals surface area contributed by atoms with Crippen molar-refractivity contribution >= 4 is 29.1 Å². The molecule has 136 valence electrons. The maximum absolute atomic E-state index is 10.3. The minimum atomic E-state index is -0.131. The summed E-state index contributed by atoms with van der Waals surface area (Å²) in [4.78, 5) is 18.5. The van der Waals surface area contributed by atoms with Gasteiger partial charge in [-0.3, -0.25) is 10.1 Å². The zero-order valence-electron chi connectivity index (χ0n) is 14.5. The van der Waals surface area contributed by atoms with Crippen molar-refractivity contribution in [2.75, 3.05) is 6.61 Å². The normalized spacial score (nSPS) is 13.1. The first-order valence-electron chi connectivity index (χ1n) is 8.35. The molecule has 0 saturated carbocycles. The van der Waals surface area contributed by atoms with Gasteiger partial charge in [-0.15, -0.1) is 0 Å². The molecule has 26 heavy (non-hydrogen) atoms. The number of aliphatic hydroxyl groups is 1. The number of hydrogen-bond donors (Lipinski definition) is 3. The Kier molecular flexibility index (Phi) is 5.33. The van der Waals surface area contributed by atoms with Crippen LogP contribution in [-0.2, 0) is 11.3 Å². The molecule has 2 aromatic heterocycles. The van der Waals surface area contributed by atoms with Crippen LogP contribution < -0.4 is 11.1 Å². The van der Waals surface area contributed by atoms with Crippen LogP contribution in [-0.4, -0.2) is 38.2 Å². The van der Waals surface area contributed by atoms with E-state index in [9.17, 15) is 9.90 Å². The van der Waals surface area contributed by atoms with Gasteiger partial charge in [0, 0.05) is 23.6 Å². The molecule has 0 bridgehead atoms. The monoisotopic (exact) mass is 354 g/mol. The predicted octanol–water partition coefficient (Wildman–Crippen LogP) is 1.46. The number of amides is 1. The molecule has 0 aliphatic heterocycles. The molecule has 3 rings (SSSR count). The number of benzene rings is 1. The van der Waals surface area contributed by atoms with Crippen LogP contribution in [0.3, 0.4) is 0 Å². The van der Waals surface area contributed by atoms with Gasteiger partial charge in [-0.1, -0.05) is 18.2 Å². The minimum Gasteiger partial charge on any atom is -0.394 e. The lowest BCUT2D eigenvalue weighted by Gasteiger charge is -2.16. The van der Waals surface area contributed by atoms with E-state index < -0.39 is 0 Å². The van der Waals surface area contributed by atoms with E-state index in [0.717, 1.165) is 13.0 Å². The number of fused-ring (bicyclic) bond motifs is 1. The Bertz CT molecular complexity index is 927. The highest BCUT2D eigenvalue weighted by molar-refractivity contribution is 5.88. The van der Waals surface area contributed by atoms with Crippen LogP contribution in [0.1, 0.15) is 18.0 Å². The lowest BCUT2D eigenvalue weighted by Crippen LogP contribution is -2.29. The van der Waals surface area contributed by atoms with Crippen molar-refractivity contribution in [3.63, 3.8) is 0 Å². The van der Waals surface area contributed by atoms with Gasteiger partial charge in [0.25, 0.3) is 0 Å². The molecule has 0 unspecified atom stereocenters. The molecule has 4 N–H and O–H groups in total. The summed E-state index contributed by atoms with van der Waals surface area (Å²) < 4.78 is 4.01. The number of aliphatic hydroxyl groups excluding tert-OH is 1. The first-order chi connectivity index (χ1) is 12.6. The lowest BCUT2D eigenvalue weighted by molar-refractivity contribution is -0.108. The van der Waals surface area contributed by atoms with Gasteiger partial charge in [-0.05, 0) is 25.0 Å². The van der Waals surface area contributed by atoms with E-state index in [1.165, 1.54) is 16.5 Å². The third kappa shape index (κ3) is 3.75. The van der Waals surface area contributed by atoms with Crippen LogP contribution in [0.25, 0.3) is 10.9 Å². The van der Waals surface area contributed by atoms with Gasteiger partial charge < -0.3 is 20.0 Å². The second-order valence-corrected chi connectivity index (χ2v) is 6.09. The highest BCUT2D eigenvalue weighted by atomic mass is 16.3. The number of aliphatic imine (C=N–C) groups is 1. The number of aryl methyl sites for hydroxylation is 2. The van der Waals surface area contributed by atoms with Crippen LogP contribution in [0, 0.1) is 6.92 Å². The molecule has 8 nitrogen and oxygen atoms in total. The first kappa shape index (κ1) is 17.7. The fraction of sp³-hybridized carbons (Fsp3) is 0.278. The number of carbonyl (C=O) groups is 1. The van der Waals surface area contributed by atoms with E-state index in [2.05, 4.69) is 45.1 Å². The Morgan fingerprint density at radius 2 is 2.23 bits per heavy atom. The van der Waals surface area contributed by atoms with Crippen LogP contribution in [0.4, 0.5) is 5.82 Å². The molecule has 0 radical (unpaired) electrons. The maximum atomic E-state index is 10.3. The number of guanidine groups is 1. The molecule has 2 heterocycles. The number of nitrogens with zero attached hydrogens (tertiary/aromatic N) is 4. The van der Waals surface area contributed by atoms with E-state index in [1.807, 2.05) is 16.7 Å². The molecule has 8 heteroatoms. The second kappa shape index (κ2) is 7.83. The molecule has 0 fully saturated rings. The number of nitrogens with two attached hydrogens (primary N) is 1. The van der Waals surface area contributed by atoms with Gasteiger partial charge in [-0.25, -0.2) is 4.98 Å². The number of para-hydroxylation sites is 1. The summed E-state index contributed by atoms with van der Waals surface area (Å²) in [6.45, 7) is 2.85. The summed E-state index contributed by atoms with van der Waals surface area (Å²) >= 11 is 0. The summed E-state index contributed by atoms with van der Waals surface area (Å²) in [5.74, 6) is 0.345. The molecular weight excluding hydrogens is 332 g/mol. The van der Waals surface area contributed by atoms with Crippen molar-refractivity contribution in [1.29, 1.82) is 0 Å². The summed E-state index contributed by atoms with van der Waals surface area (Å²) in [6, 6.07) is 8.15. The molecule has 0 saturated heterocycles. The summed E-state index contributed by atoms with van der Waals surface area (Å²) in [6.07, 6.45) is 6.62. The van der Waals surface area contributed by atoms with Gasteiger partial charge in [0.2, 0.25) is 12.4 Å². The molecule has 0 spiro atoms. The predicted molar refractivity (Wildman–Crippen MR) is 100 cm³/mol. The highest BCUT2D eigenvalue weighted by Gasteiger charge is 2.12. The number of carbonyl (C=O) groups excluding carboxylic acids is 1. The van der Waals surface area contributed by atoms with E-state index in [1.54, 1.807) is 12.5 Å². The topological polar surface area (TPSA) is 110 Å². The maximum Gasteiger partial charge on any atom is 0.213 e. The minimum absolute atomic E-state index is 0.0141. The fourth-order valence-electron chi connectivity index (χ4n) is 3.04. The first-order valence-corrected chi connectivity index (χ1v) is 8.35. The average molecular weight is 354 g/mol.